The second-order valence-corrected chi connectivity index (χ2v) is 6.49. The van der Waals surface area contributed by atoms with Gasteiger partial charge in [-0.2, -0.15) is 0 Å². The number of halogens is 1. The zero-order chi connectivity index (χ0) is 16.2. The lowest BCUT2D eigenvalue weighted by Crippen LogP contribution is -2.41. The Hall–Kier alpha value is -1.15. The fourth-order valence-corrected chi connectivity index (χ4v) is 3.14. The van der Waals surface area contributed by atoms with Crippen molar-refractivity contribution in [2.75, 3.05) is 20.3 Å². The first-order valence-electron chi connectivity index (χ1n) is 6.35. The third-order valence-electron chi connectivity index (χ3n) is 3.04. The quantitative estimate of drug-likeness (QED) is 0.853. The van der Waals surface area contributed by atoms with Crippen molar-refractivity contribution in [1.82, 2.24) is 4.90 Å². The predicted octanol–water partition coefficient (Wildman–Crippen LogP) is 1.48. The summed E-state index contributed by atoms with van der Waals surface area (Å²) in [5.41, 5.74) is -0.105. The maximum absolute atomic E-state index is 12.6. The van der Waals surface area contributed by atoms with Crippen LogP contribution >= 0.6 is 11.6 Å². The number of nitrogens with zero attached hydrogens (tertiary/aromatic N) is 1. The van der Waals surface area contributed by atoms with Crippen molar-refractivity contribution in [3.63, 3.8) is 0 Å². The lowest BCUT2D eigenvalue weighted by molar-refractivity contribution is 0.0576. The summed E-state index contributed by atoms with van der Waals surface area (Å²) in [5, 5.41) is 5.21. The average Bonchev–Trinajstić information content (AvgIpc) is 2.38. The molecule has 0 aliphatic heterocycles. The van der Waals surface area contributed by atoms with Crippen LogP contribution in [0, 0.1) is 0 Å². The molecule has 6 nitrogen and oxygen atoms in total. The van der Waals surface area contributed by atoms with E-state index >= 15 is 0 Å². The van der Waals surface area contributed by atoms with Crippen LogP contribution in [0.15, 0.2) is 23.1 Å². The molecule has 2 N–H and O–H groups in total. The second-order valence-electron chi connectivity index (χ2n) is 4.55. The van der Waals surface area contributed by atoms with Gasteiger partial charge in [-0.3, -0.25) is 4.79 Å². The second kappa shape index (κ2) is 7.22. The van der Waals surface area contributed by atoms with Crippen LogP contribution in [0.4, 0.5) is 0 Å². The molecular formula is C13H19ClN2O4S. The van der Waals surface area contributed by atoms with Gasteiger partial charge in [0.15, 0.2) is 0 Å². The lowest BCUT2D eigenvalue weighted by atomic mass is 10.1. The van der Waals surface area contributed by atoms with Gasteiger partial charge >= 0.3 is 0 Å². The molecule has 0 aliphatic carbocycles. The maximum Gasteiger partial charge on any atom is 0.257 e. The first-order valence-corrected chi connectivity index (χ1v) is 8.27. The van der Waals surface area contributed by atoms with Crippen LogP contribution in [0.2, 0.25) is 5.02 Å². The van der Waals surface area contributed by atoms with Gasteiger partial charge in [-0.15, -0.1) is 0 Å². The Morgan fingerprint density at radius 1 is 1.48 bits per heavy atom. The average molecular weight is 335 g/mol. The van der Waals surface area contributed by atoms with Crippen LogP contribution in [-0.4, -0.2) is 45.5 Å². The topological polar surface area (TPSA) is 89.7 Å². The van der Waals surface area contributed by atoms with Crippen LogP contribution in [-0.2, 0) is 14.8 Å². The minimum atomic E-state index is -4.04. The molecule has 0 fully saturated rings. The van der Waals surface area contributed by atoms with Gasteiger partial charge in [-0.25, -0.2) is 13.6 Å². The Bertz CT molecular complexity index is 619. The predicted molar refractivity (Wildman–Crippen MR) is 80.9 cm³/mol. The number of amides is 1. The molecule has 1 aromatic rings. The van der Waals surface area contributed by atoms with Crippen LogP contribution in [0.1, 0.15) is 24.2 Å². The number of rotatable bonds is 6. The number of benzene rings is 1. The summed E-state index contributed by atoms with van der Waals surface area (Å²) in [5.74, 6) is -0.489. The standard InChI is InChI=1S/C13H19ClN2O4S/c1-4-16(9(2)8-20-3)13(17)12-10(14)6-5-7-11(12)21(15,18)19/h5-7,9H,4,8H2,1-3H3,(H2,15,18,19). The van der Waals surface area contributed by atoms with Gasteiger partial charge in [0.2, 0.25) is 10.0 Å². The van der Waals surface area contributed by atoms with Gasteiger partial charge in [0.1, 0.15) is 0 Å². The summed E-state index contributed by atoms with van der Waals surface area (Å²) in [4.78, 5) is 13.9. The van der Waals surface area contributed by atoms with Crippen molar-refractivity contribution < 1.29 is 17.9 Å². The van der Waals surface area contributed by atoms with Crippen molar-refractivity contribution in [2.45, 2.75) is 24.8 Å². The Morgan fingerprint density at radius 3 is 2.57 bits per heavy atom. The van der Waals surface area contributed by atoms with Gasteiger partial charge in [-0.05, 0) is 26.0 Å². The minimum absolute atomic E-state index is 0.0505. The largest absolute Gasteiger partial charge is 0.383 e. The van der Waals surface area contributed by atoms with Crippen LogP contribution in [0.25, 0.3) is 0 Å². The van der Waals surface area contributed by atoms with E-state index in [2.05, 4.69) is 0 Å². The van der Waals surface area contributed by atoms with Crippen LogP contribution in [0.3, 0.4) is 0 Å². The van der Waals surface area contributed by atoms with Crippen molar-refractivity contribution >= 4 is 27.5 Å². The molecule has 1 aromatic carbocycles. The number of nitrogens with two attached hydrogens (primary N) is 1. The zero-order valence-electron chi connectivity index (χ0n) is 12.2. The van der Waals surface area contributed by atoms with E-state index in [0.717, 1.165) is 0 Å². The number of carbonyl (C=O) groups excluding carboxylic acids is 1. The van der Waals surface area contributed by atoms with Crippen molar-refractivity contribution in [1.29, 1.82) is 0 Å². The van der Waals surface area contributed by atoms with Crippen LogP contribution < -0.4 is 5.14 Å². The van der Waals surface area contributed by atoms with Crippen LogP contribution in [0.5, 0.6) is 0 Å². The molecule has 0 heterocycles. The Morgan fingerprint density at radius 2 is 2.10 bits per heavy atom. The van der Waals surface area contributed by atoms with Gasteiger partial charge in [0.05, 0.1) is 28.1 Å². The molecule has 0 aromatic heterocycles. The van der Waals surface area contributed by atoms with Crippen molar-refractivity contribution in [3.8, 4) is 0 Å². The molecule has 118 valence electrons. The summed E-state index contributed by atoms with van der Waals surface area (Å²) in [7, 11) is -2.52. The molecule has 8 heteroatoms. The molecule has 1 atom stereocenters. The molecule has 1 unspecified atom stereocenters. The number of methoxy groups -OCH3 is 1. The van der Waals surface area contributed by atoms with E-state index in [1.54, 1.807) is 13.8 Å². The number of carbonyl (C=O) groups is 1. The normalized spacial score (nSPS) is 13.0. The fraction of sp³-hybridized carbons (Fsp3) is 0.462. The van der Waals surface area contributed by atoms with Gasteiger partial charge in [0.25, 0.3) is 5.91 Å². The summed E-state index contributed by atoms with van der Waals surface area (Å²) in [6, 6.07) is 3.94. The van der Waals surface area contributed by atoms with Gasteiger partial charge in [0, 0.05) is 13.7 Å². The maximum atomic E-state index is 12.6. The molecular weight excluding hydrogens is 316 g/mol. The highest BCUT2D eigenvalue weighted by Crippen LogP contribution is 2.25. The minimum Gasteiger partial charge on any atom is -0.383 e. The molecule has 0 spiro atoms. The molecule has 0 saturated heterocycles. The summed E-state index contributed by atoms with van der Waals surface area (Å²) < 4.78 is 28.3. The first-order chi connectivity index (χ1) is 9.73. The molecule has 1 amide bonds. The monoisotopic (exact) mass is 334 g/mol. The smallest absolute Gasteiger partial charge is 0.257 e. The SMILES string of the molecule is CCN(C(=O)c1c(Cl)cccc1S(N)(=O)=O)C(C)COC. The Labute approximate surface area is 129 Å². The molecule has 0 radical (unpaired) electrons. The van der Waals surface area contributed by atoms with E-state index in [-0.39, 0.29) is 21.5 Å². The van der Waals surface area contributed by atoms with E-state index in [4.69, 9.17) is 21.5 Å². The number of sulfonamides is 1. The van der Waals surface area contributed by atoms with Crippen molar-refractivity contribution in [3.05, 3.63) is 28.8 Å². The molecule has 0 aliphatic rings. The van der Waals surface area contributed by atoms with E-state index in [1.807, 2.05) is 0 Å². The third kappa shape index (κ3) is 4.16. The van der Waals surface area contributed by atoms with E-state index in [0.29, 0.717) is 13.2 Å². The number of likely N-dealkylation sites (N-methyl/N-ethyl adjacent to an activating group) is 1. The summed E-state index contributed by atoms with van der Waals surface area (Å²) >= 11 is 6.01. The van der Waals surface area contributed by atoms with Gasteiger partial charge in [-0.1, -0.05) is 17.7 Å². The highest BCUT2D eigenvalue weighted by atomic mass is 35.5. The third-order valence-corrected chi connectivity index (χ3v) is 4.31. The highest BCUT2D eigenvalue weighted by Gasteiger charge is 2.27. The number of ether oxygens (including phenoxy) is 1. The lowest BCUT2D eigenvalue weighted by Gasteiger charge is -2.28. The first kappa shape index (κ1) is 17.9. The number of hydrogen-bond acceptors (Lipinski definition) is 4. The fourth-order valence-electron chi connectivity index (χ4n) is 2.08. The zero-order valence-corrected chi connectivity index (χ0v) is 13.7. The molecule has 21 heavy (non-hydrogen) atoms. The van der Waals surface area contributed by atoms with E-state index in [1.165, 1.54) is 30.2 Å². The molecule has 0 bridgehead atoms. The van der Waals surface area contributed by atoms with E-state index < -0.39 is 15.9 Å². The molecule has 1 rings (SSSR count). The van der Waals surface area contributed by atoms with Crippen molar-refractivity contribution in [2.24, 2.45) is 5.14 Å². The molecule has 0 saturated carbocycles. The Kier molecular flexibility index (Phi) is 6.15. The number of primary sulfonamides is 1. The summed E-state index contributed by atoms with van der Waals surface area (Å²) in [6.45, 7) is 4.31. The Balaban J connectivity index is 3.35. The summed E-state index contributed by atoms with van der Waals surface area (Å²) in [6.07, 6.45) is 0. The number of hydrogen-bond donors (Lipinski definition) is 1. The highest BCUT2D eigenvalue weighted by molar-refractivity contribution is 7.89. The van der Waals surface area contributed by atoms with E-state index in [9.17, 15) is 13.2 Å². The van der Waals surface area contributed by atoms with Gasteiger partial charge < -0.3 is 9.64 Å².